The number of piperidine rings is 1. The molecule has 0 N–H and O–H groups in total. The van der Waals surface area contributed by atoms with Gasteiger partial charge in [-0.25, -0.2) is 0 Å². The highest BCUT2D eigenvalue weighted by Gasteiger charge is 2.41. The molecule has 21 heavy (non-hydrogen) atoms. The normalized spacial score (nSPS) is 28.9. The first-order valence-electron chi connectivity index (χ1n) is 8.53. The fourth-order valence-corrected chi connectivity index (χ4v) is 4.12. The summed E-state index contributed by atoms with van der Waals surface area (Å²) in [6.45, 7) is 6.95. The third-order valence-corrected chi connectivity index (χ3v) is 5.25. The smallest absolute Gasteiger partial charge is 0.245 e. The minimum absolute atomic E-state index is 0.159. The molecular weight excluding hydrogens is 266 g/mol. The molecular formula is C16H27N3O2. The van der Waals surface area contributed by atoms with Crippen molar-refractivity contribution >= 4 is 11.8 Å². The van der Waals surface area contributed by atoms with Gasteiger partial charge in [0.25, 0.3) is 0 Å². The Morgan fingerprint density at radius 2 is 1.76 bits per heavy atom. The van der Waals surface area contributed by atoms with Crippen LogP contribution < -0.4 is 0 Å². The van der Waals surface area contributed by atoms with Crippen molar-refractivity contribution in [3.8, 4) is 0 Å². The van der Waals surface area contributed by atoms with E-state index in [4.69, 9.17) is 0 Å². The predicted octanol–water partition coefficient (Wildman–Crippen LogP) is 1.08. The number of carbonyl (C=O) groups is 2. The molecule has 3 rings (SSSR count). The monoisotopic (exact) mass is 293 g/mol. The largest absolute Gasteiger partial charge is 0.337 e. The Labute approximate surface area is 127 Å². The molecule has 3 fully saturated rings. The molecule has 1 atom stereocenters. The summed E-state index contributed by atoms with van der Waals surface area (Å²) in [6.07, 6.45) is 5.66. The number of rotatable bonds is 3. The fraction of sp³-hybridized carbons (Fsp3) is 0.875. The van der Waals surface area contributed by atoms with Crippen molar-refractivity contribution in [2.45, 2.75) is 57.5 Å². The maximum atomic E-state index is 12.8. The lowest BCUT2D eigenvalue weighted by atomic mass is 10.0. The second-order valence-electron chi connectivity index (χ2n) is 6.60. The zero-order valence-electron chi connectivity index (χ0n) is 13.1. The van der Waals surface area contributed by atoms with Crippen LogP contribution in [0.15, 0.2) is 0 Å². The van der Waals surface area contributed by atoms with Crippen LogP contribution in [-0.4, -0.2) is 71.3 Å². The van der Waals surface area contributed by atoms with Crippen molar-refractivity contribution in [3.05, 3.63) is 0 Å². The summed E-state index contributed by atoms with van der Waals surface area (Å²) in [4.78, 5) is 31.3. The maximum absolute atomic E-state index is 12.8. The molecule has 5 heteroatoms. The highest BCUT2D eigenvalue weighted by molar-refractivity contribution is 5.90. The lowest BCUT2D eigenvalue weighted by Gasteiger charge is -2.38. The van der Waals surface area contributed by atoms with Gasteiger partial charge in [0, 0.05) is 38.6 Å². The average molecular weight is 293 g/mol. The van der Waals surface area contributed by atoms with Crippen LogP contribution >= 0.6 is 0 Å². The Kier molecular flexibility index (Phi) is 4.48. The molecule has 5 nitrogen and oxygen atoms in total. The molecule has 0 aromatic carbocycles. The Bertz CT molecular complexity index is 404. The van der Waals surface area contributed by atoms with Crippen LogP contribution in [0.1, 0.15) is 45.4 Å². The van der Waals surface area contributed by atoms with Crippen molar-refractivity contribution in [1.29, 1.82) is 0 Å². The van der Waals surface area contributed by atoms with Crippen molar-refractivity contribution in [3.63, 3.8) is 0 Å². The van der Waals surface area contributed by atoms with Crippen molar-refractivity contribution in [1.82, 2.24) is 14.7 Å². The minimum atomic E-state index is -0.159. The molecule has 1 unspecified atom stereocenters. The molecule has 118 valence electrons. The van der Waals surface area contributed by atoms with E-state index in [1.165, 1.54) is 6.42 Å². The Morgan fingerprint density at radius 1 is 1.00 bits per heavy atom. The van der Waals surface area contributed by atoms with Gasteiger partial charge in [0.05, 0.1) is 0 Å². The van der Waals surface area contributed by atoms with Gasteiger partial charge >= 0.3 is 0 Å². The van der Waals surface area contributed by atoms with E-state index in [0.717, 1.165) is 51.9 Å². The predicted molar refractivity (Wildman–Crippen MR) is 80.8 cm³/mol. The van der Waals surface area contributed by atoms with Crippen LogP contribution in [0.3, 0.4) is 0 Å². The van der Waals surface area contributed by atoms with E-state index >= 15 is 0 Å². The average Bonchev–Trinajstić information content (AvgIpc) is 2.94. The summed E-state index contributed by atoms with van der Waals surface area (Å²) < 4.78 is 0. The van der Waals surface area contributed by atoms with Gasteiger partial charge in [0.2, 0.25) is 11.8 Å². The summed E-state index contributed by atoms with van der Waals surface area (Å²) in [6, 6.07) is 0.188. The van der Waals surface area contributed by atoms with Gasteiger partial charge in [-0.05, 0) is 38.6 Å². The third-order valence-electron chi connectivity index (χ3n) is 5.25. The van der Waals surface area contributed by atoms with Crippen LogP contribution in [0.2, 0.25) is 0 Å². The zero-order valence-corrected chi connectivity index (χ0v) is 13.1. The van der Waals surface area contributed by atoms with E-state index in [9.17, 15) is 9.59 Å². The van der Waals surface area contributed by atoms with Crippen LogP contribution in [0.4, 0.5) is 0 Å². The first kappa shape index (κ1) is 14.8. The van der Waals surface area contributed by atoms with E-state index in [0.29, 0.717) is 19.0 Å². The number of hydrogen-bond donors (Lipinski definition) is 0. The molecule has 0 aliphatic carbocycles. The molecule has 0 spiro atoms. The lowest BCUT2D eigenvalue weighted by Crippen LogP contribution is -2.51. The van der Waals surface area contributed by atoms with Crippen LogP contribution in [0, 0.1) is 0 Å². The number of likely N-dealkylation sites (tertiary alicyclic amines) is 1. The molecule has 3 aliphatic heterocycles. The van der Waals surface area contributed by atoms with Gasteiger partial charge in [0.15, 0.2) is 0 Å². The Balaban J connectivity index is 1.65. The molecule has 3 aliphatic rings. The van der Waals surface area contributed by atoms with Gasteiger partial charge in [-0.3, -0.25) is 9.59 Å². The first-order chi connectivity index (χ1) is 10.2. The summed E-state index contributed by atoms with van der Waals surface area (Å²) in [5, 5.41) is 0. The number of carbonyl (C=O) groups excluding carboxylic acids is 2. The van der Waals surface area contributed by atoms with E-state index in [1.54, 1.807) is 0 Å². The number of amides is 2. The molecule has 0 radical (unpaired) electrons. The van der Waals surface area contributed by atoms with Gasteiger partial charge in [-0.2, -0.15) is 0 Å². The molecule has 0 saturated carbocycles. The van der Waals surface area contributed by atoms with E-state index in [-0.39, 0.29) is 17.9 Å². The number of hydrogen-bond acceptors (Lipinski definition) is 3. The van der Waals surface area contributed by atoms with Gasteiger partial charge in [0.1, 0.15) is 6.04 Å². The number of fused-ring (bicyclic) bond motifs is 1. The van der Waals surface area contributed by atoms with Gasteiger partial charge < -0.3 is 14.7 Å². The van der Waals surface area contributed by atoms with Crippen LogP contribution in [0.5, 0.6) is 0 Å². The van der Waals surface area contributed by atoms with Crippen molar-refractivity contribution in [2.75, 3.05) is 32.7 Å². The summed E-state index contributed by atoms with van der Waals surface area (Å²) in [5.74, 6) is 0.393. The van der Waals surface area contributed by atoms with Crippen molar-refractivity contribution < 1.29 is 9.59 Å². The fourth-order valence-electron chi connectivity index (χ4n) is 4.12. The quantitative estimate of drug-likeness (QED) is 0.782. The minimum Gasteiger partial charge on any atom is -0.337 e. The summed E-state index contributed by atoms with van der Waals surface area (Å²) in [7, 11) is 0. The zero-order chi connectivity index (χ0) is 14.8. The van der Waals surface area contributed by atoms with E-state index in [1.807, 2.05) is 9.80 Å². The topological polar surface area (TPSA) is 43.9 Å². The molecule has 3 heterocycles. The highest BCUT2D eigenvalue weighted by Crippen LogP contribution is 2.27. The summed E-state index contributed by atoms with van der Waals surface area (Å²) in [5.41, 5.74) is 0. The van der Waals surface area contributed by atoms with Gasteiger partial charge in [-0.15, -0.1) is 0 Å². The van der Waals surface area contributed by atoms with Crippen LogP contribution in [-0.2, 0) is 9.59 Å². The molecule has 0 bridgehead atoms. The molecule has 0 aromatic heterocycles. The summed E-state index contributed by atoms with van der Waals surface area (Å²) >= 11 is 0. The second kappa shape index (κ2) is 6.34. The number of nitrogens with zero attached hydrogens (tertiary/aromatic N) is 3. The van der Waals surface area contributed by atoms with Crippen molar-refractivity contribution in [2.24, 2.45) is 0 Å². The molecule has 3 saturated heterocycles. The molecule has 0 aromatic rings. The van der Waals surface area contributed by atoms with E-state index < -0.39 is 0 Å². The van der Waals surface area contributed by atoms with Gasteiger partial charge in [-0.1, -0.05) is 6.92 Å². The Hall–Kier alpha value is -1.10. The first-order valence-corrected chi connectivity index (χ1v) is 8.53. The molecule has 2 amide bonds. The third kappa shape index (κ3) is 2.93. The standard InChI is InChI=1S/C16H27N3O2/c1-2-8-17-10-5-13(6-11-17)18-12-7-15(20)19-9-3-4-14(19)16(18)21/h13-14H,2-12H2,1H3. The lowest BCUT2D eigenvalue weighted by molar-refractivity contribution is -0.141. The highest BCUT2D eigenvalue weighted by atomic mass is 16.2. The Morgan fingerprint density at radius 3 is 2.48 bits per heavy atom. The van der Waals surface area contributed by atoms with E-state index in [2.05, 4.69) is 11.8 Å². The van der Waals surface area contributed by atoms with Crippen LogP contribution in [0.25, 0.3) is 0 Å². The SMILES string of the molecule is CCCN1CCC(N2CCC(=O)N3CCCC3C2=O)CC1. The maximum Gasteiger partial charge on any atom is 0.245 e. The second-order valence-corrected chi connectivity index (χ2v) is 6.60.